The number of Topliss-reactive ketones (excluding diaryl/α,β-unsaturated/α-hetero) is 1. The van der Waals surface area contributed by atoms with Gasteiger partial charge in [-0.05, 0) is 0 Å². The van der Waals surface area contributed by atoms with E-state index in [1.54, 1.807) is 0 Å². The average molecular weight is 374 g/mol. The van der Waals surface area contributed by atoms with Gasteiger partial charge in [-0.15, -0.1) is 0 Å². The Morgan fingerprint density at radius 3 is 2.40 bits per heavy atom. The summed E-state index contributed by atoms with van der Waals surface area (Å²) >= 11 is 0.946. The molecule has 0 spiro atoms. The number of allylic oxidation sites excluding steroid dienone is 8. The van der Waals surface area contributed by atoms with E-state index < -0.39 is 0 Å². The Labute approximate surface area is 157 Å². The fraction of sp³-hybridized carbons (Fsp3) is 0.348. The fourth-order valence-corrected chi connectivity index (χ4v) is 4.79. The van der Waals surface area contributed by atoms with Crippen molar-refractivity contribution in [3.63, 3.8) is 0 Å². The zero-order chi connectivity index (χ0) is 17.9. The van der Waals surface area contributed by atoms with Gasteiger partial charge in [0.25, 0.3) is 0 Å². The van der Waals surface area contributed by atoms with Crippen molar-refractivity contribution < 1.29 is 19.8 Å². The number of rotatable bonds is 6. The third-order valence-electron chi connectivity index (χ3n) is 4.26. The molecule has 1 nitrogen and oxygen atoms in total. The monoisotopic (exact) mass is 374 g/mol. The molecule has 0 amide bonds. The molecule has 3 rings (SSSR count). The van der Waals surface area contributed by atoms with Gasteiger partial charge >= 0.3 is 158 Å². The molecule has 0 radical (unpaired) electrons. The van der Waals surface area contributed by atoms with Gasteiger partial charge in [-0.2, -0.15) is 0 Å². The third-order valence-corrected chi connectivity index (χ3v) is 6.03. The Hall–Kier alpha value is -1.63. The molecule has 0 fully saturated rings. The summed E-state index contributed by atoms with van der Waals surface area (Å²) in [6.45, 7) is 6.86. The van der Waals surface area contributed by atoms with Crippen LogP contribution in [0.4, 0.5) is 0 Å². The average Bonchev–Trinajstić information content (AvgIpc) is 3.17. The number of carbonyl (C=O) groups is 1. The molecular formula is C23H26FeO. The van der Waals surface area contributed by atoms with Crippen LogP contribution in [-0.4, -0.2) is 5.78 Å². The Morgan fingerprint density at radius 2 is 1.68 bits per heavy atom. The van der Waals surface area contributed by atoms with Crippen LogP contribution >= 0.6 is 0 Å². The zero-order valence-electron chi connectivity index (χ0n) is 15.3. The number of benzene rings is 1. The molecule has 2 aliphatic rings. The van der Waals surface area contributed by atoms with Crippen LogP contribution in [0.3, 0.4) is 0 Å². The van der Waals surface area contributed by atoms with Crippen molar-refractivity contribution >= 4 is 5.78 Å². The molecule has 2 aliphatic carbocycles. The van der Waals surface area contributed by atoms with Gasteiger partial charge in [0.15, 0.2) is 0 Å². The van der Waals surface area contributed by atoms with Crippen LogP contribution in [0.15, 0.2) is 74.7 Å². The second-order valence-corrected chi connectivity index (χ2v) is 9.45. The predicted octanol–water partition coefficient (Wildman–Crippen LogP) is 5.74. The van der Waals surface area contributed by atoms with Gasteiger partial charge in [0, 0.05) is 0 Å². The molecule has 0 saturated heterocycles. The van der Waals surface area contributed by atoms with Crippen molar-refractivity contribution in [1.29, 1.82) is 0 Å². The van der Waals surface area contributed by atoms with Crippen molar-refractivity contribution in [2.45, 2.75) is 46.5 Å². The van der Waals surface area contributed by atoms with Crippen LogP contribution < -0.4 is 0 Å². The van der Waals surface area contributed by atoms with Crippen molar-refractivity contribution in [3.8, 4) is 0 Å². The van der Waals surface area contributed by atoms with Crippen molar-refractivity contribution in [1.82, 2.24) is 0 Å². The number of carbonyl (C=O) groups excluding carboxylic acids is 1. The molecule has 0 bridgehead atoms. The van der Waals surface area contributed by atoms with Crippen LogP contribution in [0.25, 0.3) is 0 Å². The van der Waals surface area contributed by atoms with Crippen molar-refractivity contribution in [2.75, 3.05) is 0 Å². The van der Waals surface area contributed by atoms with Gasteiger partial charge in [-0.3, -0.25) is 0 Å². The Bertz CT molecular complexity index is 770. The first-order valence-corrected chi connectivity index (χ1v) is 10.0. The van der Waals surface area contributed by atoms with Gasteiger partial charge in [0.2, 0.25) is 0 Å². The summed E-state index contributed by atoms with van der Waals surface area (Å²) < 4.78 is 2.80. The quantitative estimate of drug-likeness (QED) is 0.580. The van der Waals surface area contributed by atoms with Crippen LogP contribution in [0.1, 0.15) is 45.6 Å². The summed E-state index contributed by atoms with van der Waals surface area (Å²) in [5.41, 5.74) is 3.80. The molecular weight excluding hydrogens is 348 g/mol. The molecule has 0 aliphatic heterocycles. The summed E-state index contributed by atoms with van der Waals surface area (Å²) in [5.74, 6) is 0.249. The molecule has 0 N–H and O–H groups in total. The zero-order valence-corrected chi connectivity index (χ0v) is 16.4. The second-order valence-electron chi connectivity index (χ2n) is 7.84. The van der Waals surface area contributed by atoms with Crippen LogP contribution in [0, 0.1) is 5.41 Å². The third kappa shape index (κ3) is 4.93. The topological polar surface area (TPSA) is 17.1 Å². The summed E-state index contributed by atoms with van der Waals surface area (Å²) in [4.78, 5) is 12.8. The first kappa shape index (κ1) is 18.2. The van der Waals surface area contributed by atoms with E-state index in [0.717, 1.165) is 45.4 Å². The van der Waals surface area contributed by atoms with E-state index in [-0.39, 0.29) is 5.78 Å². The number of ketones is 1. The molecule has 0 saturated carbocycles. The van der Waals surface area contributed by atoms with E-state index in [0.29, 0.717) is 11.8 Å². The van der Waals surface area contributed by atoms with Gasteiger partial charge < -0.3 is 0 Å². The second kappa shape index (κ2) is 7.72. The first-order chi connectivity index (χ1) is 11.9. The van der Waals surface area contributed by atoms with E-state index in [1.807, 2.05) is 36.4 Å². The Kier molecular flexibility index (Phi) is 5.61. The standard InChI is InChI=1S/C13H11O.C10H15.Fe/c14-13(12-8-4-5-9-12)10-11-6-2-1-3-7-11;1-10(2,3)8-9-6-4-5-7-9;/h1-4,6-8H,5,10H2;4,6H,5,8H2,1-3H3;. The van der Waals surface area contributed by atoms with Gasteiger partial charge in [0.05, 0.1) is 0 Å². The maximum atomic E-state index is 12.8. The Balaban J connectivity index is 1.75. The molecule has 0 unspecified atom stereocenters. The van der Waals surface area contributed by atoms with Crippen LogP contribution in [0.2, 0.25) is 0 Å². The first-order valence-electron chi connectivity index (χ1n) is 8.90. The fourth-order valence-electron chi connectivity index (χ4n) is 3.14. The summed E-state index contributed by atoms with van der Waals surface area (Å²) in [7, 11) is 0. The Morgan fingerprint density at radius 1 is 1.00 bits per heavy atom. The van der Waals surface area contributed by atoms with Gasteiger partial charge in [-0.25, -0.2) is 0 Å². The van der Waals surface area contributed by atoms with Crippen molar-refractivity contribution in [3.05, 3.63) is 80.3 Å². The van der Waals surface area contributed by atoms with Crippen molar-refractivity contribution in [2.24, 2.45) is 5.41 Å². The minimum atomic E-state index is 0.249. The van der Waals surface area contributed by atoms with Gasteiger partial charge in [0.1, 0.15) is 0 Å². The van der Waals surface area contributed by atoms with E-state index in [1.165, 1.54) is 14.5 Å². The predicted molar refractivity (Wildman–Crippen MR) is 101 cm³/mol. The minimum absolute atomic E-state index is 0.249. The molecule has 25 heavy (non-hydrogen) atoms. The van der Waals surface area contributed by atoms with E-state index >= 15 is 0 Å². The van der Waals surface area contributed by atoms with E-state index in [9.17, 15) is 4.79 Å². The van der Waals surface area contributed by atoms with E-state index in [4.69, 9.17) is 0 Å². The van der Waals surface area contributed by atoms with Gasteiger partial charge in [-0.1, -0.05) is 0 Å². The molecule has 0 heterocycles. The molecule has 1 aromatic carbocycles. The summed E-state index contributed by atoms with van der Waals surface area (Å²) in [5, 5.41) is 0. The molecule has 0 aromatic heterocycles. The maximum absolute atomic E-state index is 12.8. The molecule has 2 heteroatoms. The van der Waals surface area contributed by atoms with E-state index in [2.05, 4.69) is 39.0 Å². The number of hydrogen-bond donors (Lipinski definition) is 0. The summed E-state index contributed by atoms with van der Waals surface area (Å²) in [6, 6.07) is 10.0. The summed E-state index contributed by atoms with van der Waals surface area (Å²) in [6.07, 6.45) is 12.3. The normalized spacial score (nSPS) is 17.2. The molecule has 0 atom stereocenters. The number of hydrogen-bond acceptors (Lipinski definition) is 1. The van der Waals surface area contributed by atoms with Crippen LogP contribution in [-0.2, 0) is 26.2 Å². The molecule has 132 valence electrons. The molecule has 1 aromatic rings. The van der Waals surface area contributed by atoms with Crippen LogP contribution in [0.5, 0.6) is 0 Å². The SMILES string of the molecule is CC(C)(C)CC1=[C]([Fe][C]2=C(C(=O)Cc3ccccc3)C=CC2)CC=C1.